The van der Waals surface area contributed by atoms with Crippen LogP contribution in [0, 0.1) is 6.92 Å². The summed E-state index contributed by atoms with van der Waals surface area (Å²) in [5.74, 6) is 1.45. The van der Waals surface area contributed by atoms with Crippen molar-refractivity contribution in [2.24, 2.45) is 4.40 Å². The predicted octanol–water partition coefficient (Wildman–Crippen LogP) is 4.41. The zero-order valence-corrected chi connectivity index (χ0v) is 18.5. The van der Waals surface area contributed by atoms with Gasteiger partial charge in [0, 0.05) is 33.9 Å². The lowest BCUT2D eigenvalue weighted by Gasteiger charge is -2.08. The number of nitrogens with zero attached hydrogens (tertiary/aromatic N) is 4. The number of nitrogens with one attached hydrogen (secondary N) is 1. The average molecular weight is 484 g/mol. The molecule has 0 saturated carbocycles. The summed E-state index contributed by atoms with van der Waals surface area (Å²) in [6, 6.07) is 12.4. The molecule has 7 nitrogen and oxygen atoms in total. The largest absolute Gasteiger partial charge is 0.454 e. The Hall–Kier alpha value is -2.78. The first kappa shape index (κ1) is 19.2. The third-order valence-corrected chi connectivity index (χ3v) is 6.57. The molecule has 0 unspecified atom stereocenters. The van der Waals surface area contributed by atoms with Crippen LogP contribution in [0.4, 0.5) is 0 Å². The standard InChI is InChI=1S/C21H18BrN5O2S/c1-13-2-4-14(5-3-13)6-7-27-11-25-20(19-21(27)24-10-23-19)26-30-18-9-17-16(8-15(18)22)28-12-29-17/h2-5,8-11H,6-7,12H2,1H3,(H,23,24). The first-order valence-electron chi connectivity index (χ1n) is 9.41. The average Bonchev–Trinajstić information content (AvgIpc) is 3.41. The second-order valence-electron chi connectivity index (χ2n) is 6.92. The molecule has 0 radical (unpaired) electrons. The fourth-order valence-corrected chi connectivity index (χ4v) is 4.38. The first-order chi connectivity index (χ1) is 14.7. The predicted molar refractivity (Wildman–Crippen MR) is 118 cm³/mol. The third kappa shape index (κ3) is 3.82. The van der Waals surface area contributed by atoms with Crippen LogP contribution < -0.4 is 15.0 Å². The zero-order chi connectivity index (χ0) is 20.5. The highest BCUT2D eigenvalue weighted by atomic mass is 79.9. The summed E-state index contributed by atoms with van der Waals surface area (Å²) in [6.45, 7) is 3.13. The van der Waals surface area contributed by atoms with Crippen molar-refractivity contribution in [2.45, 2.75) is 24.8 Å². The molecule has 30 heavy (non-hydrogen) atoms. The van der Waals surface area contributed by atoms with Crippen molar-refractivity contribution >= 4 is 39.0 Å². The Morgan fingerprint density at radius 1 is 1.17 bits per heavy atom. The number of fused-ring (bicyclic) bond motifs is 2. The lowest BCUT2D eigenvalue weighted by molar-refractivity contribution is 0.174. The van der Waals surface area contributed by atoms with Crippen LogP contribution in [-0.2, 0) is 13.0 Å². The molecule has 0 fully saturated rings. The van der Waals surface area contributed by atoms with Crippen molar-refractivity contribution in [3.63, 3.8) is 0 Å². The van der Waals surface area contributed by atoms with Crippen LogP contribution in [0.3, 0.4) is 0 Å². The number of rotatable bonds is 5. The SMILES string of the molecule is Cc1ccc(CCn2cnc(=NSc3cc4c(cc3Br)OCO4)c3[nH]cnc32)cc1. The molecule has 0 spiro atoms. The van der Waals surface area contributed by atoms with Crippen molar-refractivity contribution in [1.29, 1.82) is 0 Å². The molecular formula is C21H18BrN5O2S. The lowest BCUT2D eigenvalue weighted by atomic mass is 10.1. The van der Waals surface area contributed by atoms with Gasteiger partial charge in [-0.1, -0.05) is 29.8 Å². The van der Waals surface area contributed by atoms with Crippen molar-refractivity contribution in [1.82, 2.24) is 19.5 Å². The number of benzene rings is 2. The Morgan fingerprint density at radius 2 is 1.97 bits per heavy atom. The molecule has 4 aromatic rings. The minimum atomic E-state index is 0.241. The molecule has 2 aromatic carbocycles. The first-order valence-corrected chi connectivity index (χ1v) is 11.0. The second kappa shape index (κ2) is 8.16. The maximum atomic E-state index is 5.46. The van der Waals surface area contributed by atoms with Crippen molar-refractivity contribution in [2.75, 3.05) is 6.79 Å². The van der Waals surface area contributed by atoms with E-state index >= 15 is 0 Å². The van der Waals surface area contributed by atoms with E-state index in [-0.39, 0.29) is 6.79 Å². The van der Waals surface area contributed by atoms with Gasteiger partial charge < -0.3 is 19.0 Å². The normalized spacial score (nSPS) is 13.3. The maximum Gasteiger partial charge on any atom is 0.231 e. The van der Waals surface area contributed by atoms with Crippen molar-refractivity contribution in [3.8, 4) is 11.5 Å². The summed E-state index contributed by atoms with van der Waals surface area (Å²) >= 11 is 4.89. The van der Waals surface area contributed by atoms with Gasteiger partial charge in [-0.05, 0) is 40.9 Å². The number of aryl methyl sites for hydroxylation is 3. The molecule has 0 atom stereocenters. The Balaban J connectivity index is 1.40. The van der Waals surface area contributed by atoms with E-state index in [1.165, 1.54) is 23.1 Å². The van der Waals surface area contributed by atoms with Crippen LogP contribution in [0.5, 0.6) is 11.5 Å². The van der Waals surface area contributed by atoms with Gasteiger partial charge >= 0.3 is 0 Å². The summed E-state index contributed by atoms with van der Waals surface area (Å²) in [4.78, 5) is 13.1. The number of H-pyrrole nitrogens is 1. The molecule has 3 heterocycles. The van der Waals surface area contributed by atoms with E-state index in [1.54, 1.807) is 12.7 Å². The van der Waals surface area contributed by atoms with E-state index in [4.69, 9.17) is 9.47 Å². The quantitative estimate of drug-likeness (QED) is 0.425. The number of aromatic nitrogens is 4. The Bertz CT molecular complexity index is 1280. The summed E-state index contributed by atoms with van der Waals surface area (Å²) in [6.07, 6.45) is 4.38. The fraction of sp³-hybridized carbons (Fsp3) is 0.190. The second-order valence-corrected chi connectivity index (χ2v) is 8.58. The van der Waals surface area contributed by atoms with E-state index < -0.39 is 0 Å². The van der Waals surface area contributed by atoms with Gasteiger partial charge in [0.15, 0.2) is 22.6 Å². The molecule has 0 bridgehead atoms. The fourth-order valence-electron chi connectivity index (χ4n) is 3.21. The van der Waals surface area contributed by atoms with E-state index in [0.717, 1.165) is 45.0 Å². The van der Waals surface area contributed by atoms with Crippen LogP contribution in [0.15, 0.2) is 62.8 Å². The number of hydrogen-bond donors (Lipinski definition) is 1. The Morgan fingerprint density at radius 3 is 2.80 bits per heavy atom. The highest BCUT2D eigenvalue weighted by Crippen LogP contribution is 2.40. The minimum Gasteiger partial charge on any atom is -0.454 e. The summed E-state index contributed by atoms with van der Waals surface area (Å²) in [5.41, 5.74) is 4.80. The summed E-state index contributed by atoms with van der Waals surface area (Å²) in [7, 11) is 0. The van der Waals surface area contributed by atoms with Gasteiger partial charge in [-0.2, -0.15) is 4.40 Å². The summed E-state index contributed by atoms with van der Waals surface area (Å²) < 4.78 is 18.4. The molecular weight excluding hydrogens is 466 g/mol. The van der Waals surface area contributed by atoms with E-state index in [0.29, 0.717) is 5.49 Å². The number of ether oxygens (including phenoxy) is 2. The highest BCUT2D eigenvalue weighted by molar-refractivity contribution is 9.10. The number of imidazole rings is 1. The van der Waals surface area contributed by atoms with Crippen LogP contribution in [0.1, 0.15) is 11.1 Å². The van der Waals surface area contributed by atoms with E-state index in [1.807, 2.05) is 16.7 Å². The molecule has 0 aliphatic carbocycles. The smallest absolute Gasteiger partial charge is 0.231 e. The van der Waals surface area contributed by atoms with Crippen LogP contribution in [0.2, 0.25) is 0 Å². The van der Waals surface area contributed by atoms with Crippen LogP contribution in [-0.4, -0.2) is 26.3 Å². The van der Waals surface area contributed by atoms with E-state index in [9.17, 15) is 0 Å². The molecule has 0 saturated heterocycles. The van der Waals surface area contributed by atoms with E-state index in [2.05, 4.69) is 66.5 Å². The molecule has 1 N–H and O–H groups in total. The van der Waals surface area contributed by atoms with Gasteiger partial charge in [0.1, 0.15) is 5.52 Å². The molecule has 152 valence electrons. The molecule has 1 aliphatic rings. The van der Waals surface area contributed by atoms with Crippen LogP contribution in [0.25, 0.3) is 11.2 Å². The van der Waals surface area contributed by atoms with Gasteiger partial charge in [-0.25, -0.2) is 9.97 Å². The topological polar surface area (TPSA) is 77.3 Å². The molecule has 1 aliphatic heterocycles. The van der Waals surface area contributed by atoms with Gasteiger partial charge in [0.25, 0.3) is 0 Å². The Labute approximate surface area is 185 Å². The number of hydrogen-bond acceptors (Lipinski definition) is 6. The number of halogens is 1. The van der Waals surface area contributed by atoms with Crippen molar-refractivity contribution < 1.29 is 9.47 Å². The number of aromatic amines is 1. The van der Waals surface area contributed by atoms with Crippen LogP contribution >= 0.6 is 27.9 Å². The minimum absolute atomic E-state index is 0.241. The molecule has 2 aromatic heterocycles. The van der Waals surface area contributed by atoms with Gasteiger partial charge in [-0.15, -0.1) is 0 Å². The molecule has 5 rings (SSSR count). The Kier molecular flexibility index (Phi) is 5.22. The van der Waals surface area contributed by atoms with Crippen molar-refractivity contribution in [3.05, 3.63) is 70.1 Å². The molecule has 9 heteroatoms. The van der Waals surface area contributed by atoms with Gasteiger partial charge in [0.2, 0.25) is 6.79 Å². The zero-order valence-electron chi connectivity index (χ0n) is 16.1. The highest BCUT2D eigenvalue weighted by Gasteiger charge is 2.16. The summed E-state index contributed by atoms with van der Waals surface area (Å²) in [5, 5.41) is 0. The van der Waals surface area contributed by atoms with Gasteiger partial charge in [-0.3, -0.25) is 0 Å². The lowest BCUT2D eigenvalue weighted by Crippen LogP contribution is -2.14. The van der Waals surface area contributed by atoms with Gasteiger partial charge in [0.05, 0.1) is 12.7 Å². The third-order valence-electron chi connectivity index (χ3n) is 4.85. The maximum absolute atomic E-state index is 5.46. The molecule has 0 amide bonds. The monoisotopic (exact) mass is 483 g/mol.